The number of phosphoric acid groups is 2. The number of ether oxygens (including phenoxy) is 3. The Labute approximate surface area is 591 Å². The Kier molecular flexibility index (Phi) is 70.1. The highest BCUT2D eigenvalue weighted by atomic mass is 31.2. The SMILES string of the molecule is CC/C=C\C/C=C\C/C=C\C/C=C\C/C=C\CCCCCCCCCCCCCCCCCCCCCC(=O)OCC(O)COP(=O)(O)OCC(O)COP(=O)(O)OCC(COC(=O)CCCCCCC/C=C\C/C=C\CCC)OC(=O)CCCCCCCCCCCCCCC. The van der Waals surface area contributed by atoms with E-state index in [9.17, 15) is 43.5 Å². The van der Waals surface area contributed by atoms with Gasteiger partial charge in [0.05, 0.1) is 26.4 Å². The number of esters is 3. The van der Waals surface area contributed by atoms with Crippen molar-refractivity contribution < 1.29 is 75.8 Å². The summed E-state index contributed by atoms with van der Waals surface area (Å²) in [5.41, 5.74) is 0. The summed E-state index contributed by atoms with van der Waals surface area (Å²) in [7, 11) is -9.77. The summed E-state index contributed by atoms with van der Waals surface area (Å²) in [6.45, 7) is 2.52. The van der Waals surface area contributed by atoms with Crippen LogP contribution in [0.15, 0.2) is 85.1 Å². The summed E-state index contributed by atoms with van der Waals surface area (Å²) in [5.74, 6) is -1.57. The minimum Gasteiger partial charge on any atom is -0.463 e. The molecule has 4 N–H and O–H groups in total. The van der Waals surface area contributed by atoms with Crippen LogP contribution in [-0.4, -0.2) is 95.9 Å². The van der Waals surface area contributed by atoms with Gasteiger partial charge in [0, 0.05) is 19.3 Å². The van der Waals surface area contributed by atoms with Gasteiger partial charge >= 0.3 is 33.6 Å². The minimum atomic E-state index is -4.92. The lowest BCUT2D eigenvalue weighted by Crippen LogP contribution is -2.30. The van der Waals surface area contributed by atoms with Gasteiger partial charge in [0.1, 0.15) is 25.4 Å². The first-order valence-electron chi connectivity index (χ1n) is 38.9. The molecule has 0 aliphatic carbocycles. The highest BCUT2D eigenvalue weighted by molar-refractivity contribution is 7.47. The molecule has 16 nitrogen and oxygen atoms in total. The lowest BCUT2D eigenvalue weighted by atomic mass is 10.0. The molecule has 0 rings (SSSR count). The summed E-state index contributed by atoms with van der Waals surface area (Å²) in [4.78, 5) is 58.4. The van der Waals surface area contributed by atoms with Crippen molar-refractivity contribution in [2.75, 3.05) is 39.6 Å². The maximum atomic E-state index is 12.9. The van der Waals surface area contributed by atoms with E-state index in [1.807, 2.05) is 0 Å². The predicted molar refractivity (Wildman–Crippen MR) is 399 cm³/mol. The van der Waals surface area contributed by atoms with Crippen molar-refractivity contribution >= 4 is 33.6 Å². The number of allylic oxidation sites excluding steroid dienone is 14. The third-order valence-electron chi connectivity index (χ3n) is 16.6. The van der Waals surface area contributed by atoms with Crippen LogP contribution in [0.3, 0.4) is 0 Å². The topological polar surface area (TPSA) is 231 Å². The third-order valence-corrected chi connectivity index (χ3v) is 18.5. The minimum absolute atomic E-state index is 0.107. The van der Waals surface area contributed by atoms with E-state index in [1.165, 1.54) is 154 Å². The van der Waals surface area contributed by atoms with Crippen LogP contribution in [0.2, 0.25) is 0 Å². The number of phosphoric ester groups is 2. The molecule has 0 aliphatic heterocycles. The zero-order chi connectivity index (χ0) is 70.9. The van der Waals surface area contributed by atoms with Gasteiger partial charge < -0.3 is 34.2 Å². The van der Waals surface area contributed by atoms with Gasteiger partial charge in [-0.1, -0.05) is 318 Å². The van der Waals surface area contributed by atoms with Gasteiger partial charge in [-0.15, -0.1) is 0 Å². The number of unbranched alkanes of at least 4 members (excludes halogenated alkanes) is 37. The Bertz CT molecular complexity index is 2110. The molecule has 0 aromatic carbocycles. The summed E-state index contributed by atoms with van der Waals surface area (Å²) in [6, 6.07) is 0. The van der Waals surface area contributed by atoms with E-state index in [1.54, 1.807) is 0 Å². The van der Waals surface area contributed by atoms with Crippen LogP contribution >= 0.6 is 15.6 Å². The Morgan fingerprint density at radius 1 is 0.299 bits per heavy atom. The van der Waals surface area contributed by atoms with E-state index >= 15 is 0 Å². The second-order valence-electron chi connectivity index (χ2n) is 26.1. The molecule has 0 aromatic heterocycles. The van der Waals surface area contributed by atoms with Crippen LogP contribution in [0.1, 0.15) is 342 Å². The van der Waals surface area contributed by atoms with Gasteiger partial charge in [0.2, 0.25) is 0 Å². The van der Waals surface area contributed by atoms with E-state index in [2.05, 4.69) is 106 Å². The Balaban J connectivity index is 4.27. The number of rotatable bonds is 74. The molecule has 0 spiro atoms. The van der Waals surface area contributed by atoms with E-state index in [0.717, 1.165) is 128 Å². The first-order chi connectivity index (χ1) is 47.2. The van der Waals surface area contributed by atoms with Crippen LogP contribution in [-0.2, 0) is 55.8 Å². The van der Waals surface area contributed by atoms with Gasteiger partial charge in [0.25, 0.3) is 0 Å². The van der Waals surface area contributed by atoms with E-state index in [4.69, 9.17) is 32.3 Å². The summed E-state index contributed by atoms with van der Waals surface area (Å²) in [5, 5.41) is 20.6. The fourth-order valence-electron chi connectivity index (χ4n) is 10.7. The van der Waals surface area contributed by atoms with Gasteiger partial charge in [-0.2, -0.15) is 0 Å². The monoisotopic (exact) mass is 1410 g/mol. The Morgan fingerprint density at radius 2 is 0.567 bits per heavy atom. The number of carbonyl (C=O) groups is 3. The Morgan fingerprint density at radius 3 is 0.907 bits per heavy atom. The van der Waals surface area contributed by atoms with Crippen molar-refractivity contribution in [1.29, 1.82) is 0 Å². The molecule has 0 radical (unpaired) electrons. The lowest BCUT2D eigenvalue weighted by Gasteiger charge is -2.21. The summed E-state index contributed by atoms with van der Waals surface area (Å²) < 4.78 is 61.0. The molecular formula is C79H142O16P2. The van der Waals surface area contributed by atoms with Crippen LogP contribution in [0.5, 0.6) is 0 Å². The molecule has 18 heteroatoms. The van der Waals surface area contributed by atoms with Crippen molar-refractivity contribution in [3.63, 3.8) is 0 Å². The number of aliphatic hydroxyl groups is 2. The molecule has 0 aliphatic rings. The zero-order valence-corrected chi connectivity index (χ0v) is 63.3. The predicted octanol–water partition coefficient (Wildman–Crippen LogP) is 22.4. The number of hydrogen-bond donors (Lipinski definition) is 4. The quantitative estimate of drug-likeness (QED) is 0.0146. The molecule has 5 atom stereocenters. The smallest absolute Gasteiger partial charge is 0.463 e. The Hall–Kier alpha value is -3.27. The van der Waals surface area contributed by atoms with Crippen molar-refractivity contribution in [3.05, 3.63) is 85.1 Å². The van der Waals surface area contributed by atoms with Crippen molar-refractivity contribution in [3.8, 4) is 0 Å². The average molecular weight is 1410 g/mol. The number of hydrogen-bond acceptors (Lipinski definition) is 14. The van der Waals surface area contributed by atoms with Crippen LogP contribution in [0.25, 0.3) is 0 Å². The van der Waals surface area contributed by atoms with Gasteiger partial charge in [-0.25, -0.2) is 9.13 Å². The van der Waals surface area contributed by atoms with Crippen molar-refractivity contribution in [1.82, 2.24) is 0 Å². The highest BCUT2D eigenvalue weighted by Crippen LogP contribution is 2.45. The fourth-order valence-corrected chi connectivity index (χ4v) is 12.3. The molecule has 0 fully saturated rings. The third kappa shape index (κ3) is 73.8. The molecule has 5 unspecified atom stereocenters. The van der Waals surface area contributed by atoms with Gasteiger partial charge in [-0.3, -0.25) is 32.5 Å². The van der Waals surface area contributed by atoms with Gasteiger partial charge in [-0.05, 0) is 89.9 Å². The fraction of sp³-hybridized carbons (Fsp3) is 0.785. The number of aliphatic hydroxyl groups excluding tert-OH is 2. The summed E-state index contributed by atoms with van der Waals surface area (Å²) >= 11 is 0. The molecular weight excluding hydrogens is 1270 g/mol. The van der Waals surface area contributed by atoms with Crippen LogP contribution in [0.4, 0.5) is 0 Å². The average Bonchev–Trinajstić information content (AvgIpc) is 1.57. The molecule has 0 amide bonds. The maximum absolute atomic E-state index is 12.9. The second kappa shape index (κ2) is 72.5. The molecule has 97 heavy (non-hydrogen) atoms. The van der Waals surface area contributed by atoms with E-state index in [0.29, 0.717) is 19.3 Å². The maximum Gasteiger partial charge on any atom is 0.472 e. The normalized spacial score (nSPS) is 14.5. The van der Waals surface area contributed by atoms with Crippen molar-refractivity contribution in [2.45, 2.75) is 360 Å². The second-order valence-corrected chi connectivity index (χ2v) is 29.0. The number of carbonyl (C=O) groups excluding carboxylic acids is 3. The molecule has 0 saturated carbocycles. The first-order valence-corrected chi connectivity index (χ1v) is 41.9. The molecule has 564 valence electrons. The zero-order valence-electron chi connectivity index (χ0n) is 61.5. The first kappa shape index (κ1) is 93.7. The molecule has 0 heterocycles. The molecule has 0 bridgehead atoms. The largest absolute Gasteiger partial charge is 0.472 e. The van der Waals surface area contributed by atoms with Crippen LogP contribution in [0, 0.1) is 0 Å². The lowest BCUT2D eigenvalue weighted by molar-refractivity contribution is -0.161. The summed E-state index contributed by atoms with van der Waals surface area (Å²) in [6.07, 6.45) is 81.0. The van der Waals surface area contributed by atoms with E-state index in [-0.39, 0.29) is 19.3 Å². The van der Waals surface area contributed by atoms with E-state index < -0.39 is 91.5 Å². The standard InChI is InChI=1S/C79H142O16P2/c1-4-7-10-13-16-19-22-25-26-27-28-29-30-31-32-33-34-35-36-37-38-39-40-41-42-43-44-45-46-49-51-53-56-59-62-65-77(82)89-68-74(80)69-91-96(85,86)92-70-75(81)71-93-97(87,88)94-73-76(95-79(84)67-64-61-58-55-52-48-24-21-18-15-12-9-6-3)72-90-78(83)66-63-60-57-54-50-47-23-20-17-14-11-8-5-2/h7,10-11,14,16,19-20,23,25-26,28-29,31-32,74-76,80-81H,4-6,8-9,12-13,15,17-18,21-22,24,27,30,33-73H2,1-3H3,(H,85,86)(H,87,88)/b10-7-,14-11-,19-16-,23-20-,26-25-,29-28-,32-31-. The molecule has 0 saturated heterocycles. The highest BCUT2D eigenvalue weighted by Gasteiger charge is 2.29. The van der Waals surface area contributed by atoms with Crippen LogP contribution < -0.4 is 0 Å². The van der Waals surface area contributed by atoms with Gasteiger partial charge in [0.15, 0.2) is 6.10 Å². The van der Waals surface area contributed by atoms with Crippen molar-refractivity contribution in [2.24, 2.45) is 0 Å². The molecule has 0 aromatic rings.